The standard InChI is InChI=1S/C12H11FN2O/c1-8-3-4-11(16-2)10(5-8)12-14-6-9(13)7-15-12/h3-7H,1-2H3. The summed E-state index contributed by atoms with van der Waals surface area (Å²) in [5.41, 5.74) is 1.84. The van der Waals surface area contributed by atoms with E-state index in [1.54, 1.807) is 7.11 Å². The molecular formula is C12H11FN2O. The van der Waals surface area contributed by atoms with Gasteiger partial charge in [0.05, 0.1) is 25.1 Å². The van der Waals surface area contributed by atoms with Crippen molar-refractivity contribution in [3.8, 4) is 17.1 Å². The van der Waals surface area contributed by atoms with Gasteiger partial charge in [0.25, 0.3) is 0 Å². The smallest absolute Gasteiger partial charge is 0.163 e. The van der Waals surface area contributed by atoms with Gasteiger partial charge in [0.1, 0.15) is 5.75 Å². The second kappa shape index (κ2) is 4.26. The molecule has 0 aliphatic heterocycles. The number of benzene rings is 1. The molecule has 2 rings (SSSR count). The summed E-state index contributed by atoms with van der Waals surface area (Å²) in [5, 5.41) is 0. The highest BCUT2D eigenvalue weighted by Crippen LogP contribution is 2.27. The molecule has 0 atom stereocenters. The Morgan fingerprint density at radius 3 is 2.50 bits per heavy atom. The first-order valence-corrected chi connectivity index (χ1v) is 4.83. The lowest BCUT2D eigenvalue weighted by molar-refractivity contribution is 0.416. The third-order valence-electron chi connectivity index (χ3n) is 2.22. The van der Waals surface area contributed by atoms with E-state index in [1.165, 1.54) is 0 Å². The maximum atomic E-state index is 12.7. The van der Waals surface area contributed by atoms with E-state index < -0.39 is 5.82 Å². The zero-order valence-electron chi connectivity index (χ0n) is 9.07. The van der Waals surface area contributed by atoms with E-state index >= 15 is 0 Å². The molecule has 0 bridgehead atoms. The molecule has 1 aromatic carbocycles. The van der Waals surface area contributed by atoms with Gasteiger partial charge in [-0.3, -0.25) is 0 Å². The van der Waals surface area contributed by atoms with Crippen molar-refractivity contribution in [1.82, 2.24) is 9.97 Å². The van der Waals surface area contributed by atoms with Crippen molar-refractivity contribution in [2.45, 2.75) is 6.92 Å². The molecule has 0 N–H and O–H groups in total. The van der Waals surface area contributed by atoms with E-state index in [1.807, 2.05) is 25.1 Å². The van der Waals surface area contributed by atoms with Crippen molar-refractivity contribution < 1.29 is 9.13 Å². The van der Waals surface area contributed by atoms with E-state index in [9.17, 15) is 4.39 Å². The summed E-state index contributed by atoms with van der Waals surface area (Å²) in [5.74, 6) is 0.689. The summed E-state index contributed by atoms with van der Waals surface area (Å²) in [7, 11) is 1.58. The van der Waals surface area contributed by atoms with Crippen LogP contribution in [-0.4, -0.2) is 17.1 Å². The highest BCUT2D eigenvalue weighted by atomic mass is 19.1. The largest absolute Gasteiger partial charge is 0.496 e. The quantitative estimate of drug-likeness (QED) is 0.777. The first kappa shape index (κ1) is 10.5. The summed E-state index contributed by atoms with van der Waals surface area (Å²) < 4.78 is 17.9. The average Bonchev–Trinajstić information content (AvgIpc) is 2.30. The zero-order chi connectivity index (χ0) is 11.5. The number of ether oxygens (including phenoxy) is 1. The monoisotopic (exact) mass is 218 g/mol. The van der Waals surface area contributed by atoms with E-state index in [-0.39, 0.29) is 0 Å². The Morgan fingerprint density at radius 1 is 1.19 bits per heavy atom. The van der Waals surface area contributed by atoms with Crippen LogP contribution in [0.4, 0.5) is 4.39 Å². The van der Waals surface area contributed by atoms with Crippen LogP contribution in [0.5, 0.6) is 5.75 Å². The van der Waals surface area contributed by atoms with Crippen molar-refractivity contribution in [2.75, 3.05) is 7.11 Å². The maximum Gasteiger partial charge on any atom is 0.163 e. The molecule has 0 saturated carbocycles. The molecule has 16 heavy (non-hydrogen) atoms. The fraction of sp³-hybridized carbons (Fsp3) is 0.167. The molecule has 0 spiro atoms. The maximum absolute atomic E-state index is 12.7. The summed E-state index contributed by atoms with van der Waals surface area (Å²) in [6.07, 6.45) is 2.29. The SMILES string of the molecule is COc1ccc(C)cc1-c1ncc(F)cn1. The number of aromatic nitrogens is 2. The number of nitrogens with zero attached hydrogens (tertiary/aromatic N) is 2. The number of hydrogen-bond donors (Lipinski definition) is 0. The van der Waals surface area contributed by atoms with Gasteiger partial charge in [0.15, 0.2) is 11.6 Å². The Morgan fingerprint density at radius 2 is 1.88 bits per heavy atom. The van der Waals surface area contributed by atoms with Crippen LogP contribution in [0.2, 0.25) is 0 Å². The molecule has 0 aliphatic rings. The number of methoxy groups -OCH3 is 1. The van der Waals surface area contributed by atoms with E-state index in [0.29, 0.717) is 11.6 Å². The second-order valence-electron chi connectivity index (χ2n) is 3.43. The van der Waals surface area contributed by atoms with Crippen LogP contribution in [0.3, 0.4) is 0 Å². The second-order valence-corrected chi connectivity index (χ2v) is 3.43. The molecule has 0 aliphatic carbocycles. The lowest BCUT2D eigenvalue weighted by Gasteiger charge is -2.07. The lowest BCUT2D eigenvalue weighted by Crippen LogP contribution is -1.94. The third-order valence-corrected chi connectivity index (χ3v) is 2.22. The van der Waals surface area contributed by atoms with Crippen LogP contribution >= 0.6 is 0 Å². The van der Waals surface area contributed by atoms with E-state index in [4.69, 9.17) is 4.74 Å². The molecule has 0 saturated heterocycles. The average molecular weight is 218 g/mol. The predicted molar refractivity (Wildman–Crippen MR) is 58.7 cm³/mol. The van der Waals surface area contributed by atoms with Gasteiger partial charge < -0.3 is 4.74 Å². The third kappa shape index (κ3) is 2.00. The predicted octanol–water partition coefficient (Wildman–Crippen LogP) is 2.60. The Kier molecular flexibility index (Phi) is 2.81. The molecule has 2 aromatic rings. The molecule has 82 valence electrons. The summed E-state index contributed by atoms with van der Waals surface area (Å²) >= 11 is 0. The van der Waals surface area contributed by atoms with Crippen LogP contribution in [0.1, 0.15) is 5.56 Å². The van der Waals surface area contributed by atoms with Crippen LogP contribution in [0.15, 0.2) is 30.6 Å². The molecule has 0 amide bonds. The normalized spacial score (nSPS) is 10.2. The van der Waals surface area contributed by atoms with Gasteiger partial charge in [-0.15, -0.1) is 0 Å². The molecule has 1 aromatic heterocycles. The van der Waals surface area contributed by atoms with Crippen molar-refractivity contribution in [1.29, 1.82) is 0 Å². The molecule has 0 unspecified atom stereocenters. The summed E-state index contributed by atoms with van der Waals surface area (Å²) in [4.78, 5) is 7.86. The summed E-state index contributed by atoms with van der Waals surface area (Å²) in [6.45, 7) is 1.96. The zero-order valence-corrected chi connectivity index (χ0v) is 9.07. The van der Waals surface area contributed by atoms with Gasteiger partial charge in [0.2, 0.25) is 0 Å². The fourth-order valence-electron chi connectivity index (χ4n) is 1.45. The number of halogens is 1. The van der Waals surface area contributed by atoms with Gasteiger partial charge in [-0.25, -0.2) is 14.4 Å². The molecule has 3 nitrogen and oxygen atoms in total. The van der Waals surface area contributed by atoms with Crippen LogP contribution in [0.25, 0.3) is 11.4 Å². The first-order valence-electron chi connectivity index (χ1n) is 4.83. The topological polar surface area (TPSA) is 35.0 Å². The van der Waals surface area contributed by atoms with Gasteiger partial charge in [-0.1, -0.05) is 11.6 Å². The van der Waals surface area contributed by atoms with Gasteiger partial charge in [-0.05, 0) is 19.1 Å². The minimum absolute atomic E-state index is 0.449. The molecule has 1 heterocycles. The van der Waals surface area contributed by atoms with Crippen molar-refractivity contribution in [2.24, 2.45) is 0 Å². The van der Waals surface area contributed by atoms with E-state index in [0.717, 1.165) is 23.5 Å². The Bertz CT molecular complexity index is 497. The number of rotatable bonds is 2. The first-order chi connectivity index (χ1) is 7.70. The van der Waals surface area contributed by atoms with Gasteiger partial charge in [-0.2, -0.15) is 0 Å². The van der Waals surface area contributed by atoms with E-state index in [2.05, 4.69) is 9.97 Å². The highest BCUT2D eigenvalue weighted by molar-refractivity contribution is 5.64. The van der Waals surface area contributed by atoms with Gasteiger partial charge >= 0.3 is 0 Å². The van der Waals surface area contributed by atoms with Crippen LogP contribution < -0.4 is 4.74 Å². The molecule has 0 radical (unpaired) electrons. The van der Waals surface area contributed by atoms with Gasteiger partial charge in [0, 0.05) is 0 Å². The minimum atomic E-state index is -0.449. The Labute approximate surface area is 92.9 Å². The summed E-state index contributed by atoms with van der Waals surface area (Å²) in [6, 6.07) is 5.69. The van der Waals surface area contributed by atoms with Crippen molar-refractivity contribution in [3.05, 3.63) is 42.0 Å². The highest BCUT2D eigenvalue weighted by Gasteiger charge is 2.08. The number of aryl methyl sites for hydroxylation is 1. The molecular weight excluding hydrogens is 207 g/mol. The Hall–Kier alpha value is -1.97. The van der Waals surface area contributed by atoms with Crippen LogP contribution in [0, 0.1) is 12.7 Å². The van der Waals surface area contributed by atoms with Crippen LogP contribution in [-0.2, 0) is 0 Å². The fourth-order valence-corrected chi connectivity index (χ4v) is 1.45. The molecule has 4 heteroatoms. The van der Waals surface area contributed by atoms with Crippen molar-refractivity contribution in [3.63, 3.8) is 0 Å². The molecule has 0 fully saturated rings. The lowest BCUT2D eigenvalue weighted by atomic mass is 10.1. The van der Waals surface area contributed by atoms with Crippen molar-refractivity contribution >= 4 is 0 Å². The minimum Gasteiger partial charge on any atom is -0.496 e. The number of hydrogen-bond acceptors (Lipinski definition) is 3. The Balaban J connectivity index is 2.53.